The van der Waals surface area contributed by atoms with Gasteiger partial charge in [0.05, 0.1) is 12.0 Å². The number of hydrogen-bond acceptors (Lipinski definition) is 7. The minimum Gasteiger partial charge on any atom is -0.480 e. The second kappa shape index (κ2) is 10.2. The van der Waals surface area contributed by atoms with Gasteiger partial charge in [-0.25, -0.2) is 8.42 Å². The molecule has 11 nitrogen and oxygen atoms in total. The van der Waals surface area contributed by atoms with Gasteiger partial charge in [-0.05, 0) is 48.5 Å². The van der Waals surface area contributed by atoms with E-state index >= 15 is 0 Å². The molecule has 0 aliphatic rings. The number of carboxylic acid groups (broad SMARTS) is 1. The lowest BCUT2D eigenvalue weighted by molar-refractivity contribution is -0.139. The average Bonchev–Trinajstić information content (AvgIpc) is 2.75. The number of ether oxygens (including phenoxy) is 1. The Bertz CT molecular complexity index is 1080. The lowest BCUT2D eigenvalue weighted by Gasteiger charge is -2.10. The molecule has 0 bridgehead atoms. The van der Waals surface area contributed by atoms with Crippen LogP contribution in [0.2, 0.25) is 0 Å². The maximum atomic E-state index is 12.5. The number of sulfonamides is 1. The van der Waals surface area contributed by atoms with Gasteiger partial charge in [-0.15, -0.1) is 0 Å². The summed E-state index contributed by atoms with van der Waals surface area (Å²) < 4.78 is 31.8. The van der Waals surface area contributed by atoms with Crippen molar-refractivity contribution in [1.82, 2.24) is 10.6 Å². The predicted octanol–water partition coefficient (Wildman–Crippen LogP) is 0.205. The fourth-order valence-corrected chi connectivity index (χ4v) is 3.33. The van der Waals surface area contributed by atoms with Crippen molar-refractivity contribution in [2.24, 2.45) is 0 Å². The zero-order valence-corrected chi connectivity index (χ0v) is 17.1. The smallest absolute Gasteiger partial charge is 0.325 e. The number of carboxylic acids is 1. The summed E-state index contributed by atoms with van der Waals surface area (Å²) >= 11 is 0. The molecule has 0 saturated carbocycles. The van der Waals surface area contributed by atoms with Crippen molar-refractivity contribution < 1.29 is 37.4 Å². The van der Waals surface area contributed by atoms with Crippen LogP contribution in [-0.2, 0) is 24.3 Å². The monoisotopic (exact) mass is 449 g/mol. The van der Waals surface area contributed by atoms with Crippen LogP contribution in [-0.4, -0.2) is 57.5 Å². The Morgan fingerprint density at radius 3 is 1.81 bits per heavy atom. The molecule has 0 heterocycles. The van der Waals surface area contributed by atoms with E-state index in [1.54, 1.807) is 0 Å². The zero-order valence-electron chi connectivity index (χ0n) is 16.2. The van der Waals surface area contributed by atoms with Crippen molar-refractivity contribution >= 4 is 39.5 Å². The van der Waals surface area contributed by atoms with Gasteiger partial charge < -0.3 is 20.5 Å². The number of methoxy groups -OCH3 is 1. The highest BCUT2D eigenvalue weighted by Gasteiger charge is 2.16. The van der Waals surface area contributed by atoms with Crippen molar-refractivity contribution in [2.45, 2.75) is 4.90 Å². The van der Waals surface area contributed by atoms with Crippen LogP contribution >= 0.6 is 0 Å². The summed E-state index contributed by atoms with van der Waals surface area (Å²) in [4.78, 5) is 45.1. The molecule has 2 rings (SSSR count). The third kappa shape index (κ3) is 6.82. The van der Waals surface area contributed by atoms with Gasteiger partial charge >= 0.3 is 11.9 Å². The largest absolute Gasteiger partial charge is 0.480 e. The molecule has 0 saturated heterocycles. The first kappa shape index (κ1) is 23.3. The minimum absolute atomic E-state index is 0.0996. The number of esters is 1. The molecule has 2 aromatic carbocycles. The average molecular weight is 449 g/mol. The standard InChI is InChI=1S/C19H19N3O8S/c1-30-17(25)11-21-19(27)12-2-6-14(7-3-12)22-31(28,29)15-8-4-13(5-9-15)18(26)20-10-16(23)24/h2-9,22H,10-11H2,1H3,(H,20,26)(H,21,27)(H,23,24). The molecular weight excluding hydrogens is 430 g/mol. The lowest BCUT2D eigenvalue weighted by atomic mass is 10.2. The van der Waals surface area contributed by atoms with E-state index in [0.29, 0.717) is 0 Å². The number of benzene rings is 2. The summed E-state index contributed by atoms with van der Waals surface area (Å²) in [6, 6.07) is 10.4. The van der Waals surface area contributed by atoms with Gasteiger partial charge in [-0.1, -0.05) is 0 Å². The number of rotatable bonds is 9. The first-order valence-electron chi connectivity index (χ1n) is 8.70. The topological polar surface area (TPSA) is 168 Å². The van der Waals surface area contributed by atoms with E-state index in [4.69, 9.17) is 5.11 Å². The molecule has 0 fully saturated rings. The van der Waals surface area contributed by atoms with Gasteiger partial charge in [0.1, 0.15) is 13.1 Å². The van der Waals surface area contributed by atoms with E-state index in [-0.39, 0.29) is 28.3 Å². The summed E-state index contributed by atoms with van der Waals surface area (Å²) in [5.41, 5.74) is 0.499. The van der Waals surface area contributed by atoms with E-state index in [1.165, 1.54) is 55.6 Å². The SMILES string of the molecule is COC(=O)CNC(=O)c1ccc(NS(=O)(=O)c2ccc(C(=O)NCC(=O)O)cc2)cc1. The molecule has 0 aliphatic heterocycles. The van der Waals surface area contributed by atoms with Crippen LogP contribution < -0.4 is 15.4 Å². The van der Waals surface area contributed by atoms with Gasteiger partial charge in [0.15, 0.2) is 0 Å². The summed E-state index contributed by atoms with van der Waals surface area (Å²) in [6.45, 7) is -0.856. The number of aliphatic carboxylic acids is 1. The van der Waals surface area contributed by atoms with Crippen LogP contribution in [0.4, 0.5) is 5.69 Å². The van der Waals surface area contributed by atoms with Crippen LogP contribution in [0.1, 0.15) is 20.7 Å². The Kier molecular flexibility index (Phi) is 7.69. The highest BCUT2D eigenvalue weighted by Crippen LogP contribution is 2.17. The number of anilines is 1. The van der Waals surface area contributed by atoms with E-state index in [9.17, 15) is 27.6 Å². The number of amides is 2. The Hall–Kier alpha value is -3.93. The van der Waals surface area contributed by atoms with Crippen LogP contribution in [0.3, 0.4) is 0 Å². The van der Waals surface area contributed by atoms with Crippen LogP contribution in [0, 0.1) is 0 Å². The van der Waals surface area contributed by atoms with Crippen LogP contribution in [0.5, 0.6) is 0 Å². The summed E-state index contributed by atoms with van der Waals surface area (Å²) in [5.74, 6) is -3.00. The van der Waals surface area contributed by atoms with Gasteiger partial charge in [0, 0.05) is 16.8 Å². The van der Waals surface area contributed by atoms with Crippen molar-refractivity contribution in [3.63, 3.8) is 0 Å². The minimum atomic E-state index is -3.98. The first-order valence-corrected chi connectivity index (χ1v) is 10.2. The second-order valence-corrected chi connectivity index (χ2v) is 7.72. The second-order valence-electron chi connectivity index (χ2n) is 6.04. The maximum Gasteiger partial charge on any atom is 0.325 e. The van der Waals surface area contributed by atoms with Gasteiger partial charge in [-0.2, -0.15) is 0 Å². The van der Waals surface area contributed by atoms with Crippen molar-refractivity contribution in [3.05, 3.63) is 59.7 Å². The molecule has 31 heavy (non-hydrogen) atoms. The zero-order chi connectivity index (χ0) is 23.0. The first-order chi connectivity index (χ1) is 14.6. The molecule has 0 unspecified atom stereocenters. The number of carbonyl (C=O) groups excluding carboxylic acids is 3. The normalized spacial score (nSPS) is 10.6. The van der Waals surface area contributed by atoms with E-state index in [1.807, 2.05) is 0 Å². The fourth-order valence-electron chi connectivity index (χ4n) is 2.27. The van der Waals surface area contributed by atoms with E-state index < -0.39 is 40.3 Å². The molecule has 0 aromatic heterocycles. The Morgan fingerprint density at radius 1 is 0.839 bits per heavy atom. The molecule has 0 radical (unpaired) electrons. The number of nitrogens with one attached hydrogen (secondary N) is 3. The molecule has 0 aliphatic carbocycles. The Balaban J connectivity index is 2.03. The van der Waals surface area contributed by atoms with Gasteiger partial charge in [0.2, 0.25) is 0 Å². The number of hydrogen-bond donors (Lipinski definition) is 4. The molecular formula is C19H19N3O8S. The maximum absolute atomic E-state index is 12.5. The van der Waals surface area contributed by atoms with Gasteiger partial charge in [-0.3, -0.25) is 23.9 Å². The quantitative estimate of drug-likeness (QED) is 0.394. The molecule has 12 heteroatoms. The highest BCUT2D eigenvalue weighted by atomic mass is 32.2. The summed E-state index contributed by atoms with van der Waals surface area (Å²) in [5, 5.41) is 13.1. The summed E-state index contributed by atoms with van der Waals surface area (Å²) in [7, 11) is -2.79. The van der Waals surface area contributed by atoms with Crippen LogP contribution in [0.25, 0.3) is 0 Å². The van der Waals surface area contributed by atoms with Crippen molar-refractivity contribution in [2.75, 3.05) is 24.9 Å². The molecule has 0 atom stereocenters. The van der Waals surface area contributed by atoms with Crippen molar-refractivity contribution in [3.8, 4) is 0 Å². The number of carbonyl (C=O) groups is 4. The molecule has 4 N–H and O–H groups in total. The molecule has 0 spiro atoms. The third-order valence-corrected chi connectivity index (χ3v) is 5.24. The molecule has 2 amide bonds. The van der Waals surface area contributed by atoms with Gasteiger partial charge in [0.25, 0.3) is 21.8 Å². The highest BCUT2D eigenvalue weighted by molar-refractivity contribution is 7.92. The van der Waals surface area contributed by atoms with Crippen LogP contribution in [0.15, 0.2) is 53.4 Å². The van der Waals surface area contributed by atoms with E-state index in [0.717, 1.165) is 0 Å². The van der Waals surface area contributed by atoms with E-state index in [2.05, 4.69) is 20.1 Å². The Labute approximate surface area is 177 Å². The molecule has 164 valence electrons. The molecule has 2 aromatic rings. The fraction of sp³-hybridized carbons (Fsp3) is 0.158. The predicted molar refractivity (Wildman–Crippen MR) is 108 cm³/mol. The third-order valence-electron chi connectivity index (χ3n) is 3.85. The lowest BCUT2D eigenvalue weighted by Crippen LogP contribution is -2.30. The van der Waals surface area contributed by atoms with Crippen molar-refractivity contribution in [1.29, 1.82) is 0 Å². The summed E-state index contributed by atoms with van der Waals surface area (Å²) in [6.07, 6.45) is 0. The Morgan fingerprint density at radius 2 is 1.32 bits per heavy atom.